The maximum absolute atomic E-state index is 14.1. The molecular weight excluding hydrogens is 675 g/mol. The van der Waals surface area contributed by atoms with Gasteiger partial charge in [0.2, 0.25) is 0 Å². The van der Waals surface area contributed by atoms with Crippen molar-refractivity contribution in [1.29, 1.82) is 0 Å². The predicted octanol–water partition coefficient (Wildman–Crippen LogP) is 7.63. The Balaban J connectivity index is 1.74. The molecule has 0 spiro atoms. The molecule has 1 aliphatic carbocycles. The molecule has 0 N–H and O–H groups in total. The standard InChI is InChI=1S/C37H59NO8SSi2/c1-12-25(2)35(47(41,42)27-16-14-13-15-17-27)32(44-26(3)39)19-18-30-28-24-29(28)33(46-49(10,11)37(4,5)6)34-31(45-34)20-21-38(30)36(40)43-22-23-48(7,8)9/h12-19,28-35H,20-24H2,1-11H3/b19-18+,25-12+/t28-,29+,30+,31-,32?,33-,34-,35?/m1/s1. The van der Waals surface area contributed by atoms with E-state index in [1.807, 2.05) is 6.08 Å². The van der Waals surface area contributed by atoms with Crippen molar-refractivity contribution < 1.29 is 36.6 Å². The fourth-order valence-electron chi connectivity index (χ4n) is 6.45. The van der Waals surface area contributed by atoms with Crippen LogP contribution in [-0.4, -0.2) is 90.6 Å². The van der Waals surface area contributed by atoms with E-state index >= 15 is 0 Å². The highest BCUT2D eigenvalue weighted by Crippen LogP contribution is 2.54. The van der Waals surface area contributed by atoms with E-state index < -0.39 is 49.6 Å². The monoisotopic (exact) mass is 733 g/mol. The molecule has 2 heterocycles. The van der Waals surface area contributed by atoms with E-state index in [4.69, 9.17) is 18.6 Å². The molecule has 2 unspecified atom stereocenters. The van der Waals surface area contributed by atoms with Crippen molar-refractivity contribution >= 4 is 38.3 Å². The average molecular weight is 734 g/mol. The largest absolute Gasteiger partial charge is 0.457 e. The normalized spacial score (nSPS) is 27.6. The van der Waals surface area contributed by atoms with Crippen LogP contribution in [0.3, 0.4) is 0 Å². The zero-order valence-electron chi connectivity index (χ0n) is 31.4. The molecule has 3 fully saturated rings. The lowest BCUT2D eigenvalue weighted by Crippen LogP contribution is -2.47. The van der Waals surface area contributed by atoms with Crippen LogP contribution in [0, 0.1) is 11.8 Å². The third kappa shape index (κ3) is 9.75. The van der Waals surface area contributed by atoms with Gasteiger partial charge < -0.3 is 23.5 Å². The first-order valence-electron chi connectivity index (χ1n) is 17.7. The predicted molar refractivity (Wildman–Crippen MR) is 198 cm³/mol. The number of fused-ring (bicyclic) bond motifs is 2. The second-order valence-electron chi connectivity index (χ2n) is 16.7. The Morgan fingerprint density at radius 1 is 1.06 bits per heavy atom. The van der Waals surface area contributed by atoms with E-state index in [0.29, 0.717) is 25.1 Å². The first-order chi connectivity index (χ1) is 22.7. The number of carbonyl (C=O) groups is 2. The minimum atomic E-state index is -3.96. The van der Waals surface area contributed by atoms with Crippen LogP contribution in [0.4, 0.5) is 4.79 Å². The quantitative estimate of drug-likeness (QED) is 0.0934. The molecule has 1 saturated carbocycles. The summed E-state index contributed by atoms with van der Waals surface area (Å²) in [5.74, 6) is -0.390. The number of ether oxygens (including phenoxy) is 3. The lowest BCUT2D eigenvalue weighted by atomic mass is 10.0. The van der Waals surface area contributed by atoms with Gasteiger partial charge in [0, 0.05) is 21.5 Å². The number of nitrogens with zero attached hydrogens (tertiary/aromatic N) is 1. The summed E-state index contributed by atoms with van der Waals surface area (Å²) >= 11 is 0. The van der Waals surface area contributed by atoms with Gasteiger partial charge in [-0.1, -0.05) is 76.3 Å². The number of hydrogen-bond donors (Lipinski definition) is 0. The second kappa shape index (κ2) is 15.2. The molecule has 2 aliphatic heterocycles. The zero-order chi connectivity index (χ0) is 36.5. The molecule has 12 heteroatoms. The maximum Gasteiger partial charge on any atom is 0.410 e. The van der Waals surface area contributed by atoms with Gasteiger partial charge in [-0.15, -0.1) is 0 Å². The van der Waals surface area contributed by atoms with E-state index in [1.165, 1.54) is 6.92 Å². The van der Waals surface area contributed by atoms with Crippen molar-refractivity contribution in [2.75, 3.05) is 13.2 Å². The van der Waals surface area contributed by atoms with Crippen molar-refractivity contribution in [3.05, 3.63) is 54.1 Å². The Morgan fingerprint density at radius 3 is 2.29 bits per heavy atom. The Kier molecular flexibility index (Phi) is 12.2. The van der Waals surface area contributed by atoms with Gasteiger partial charge in [-0.25, -0.2) is 13.2 Å². The number of amides is 1. The molecule has 1 amide bonds. The second-order valence-corrected chi connectivity index (χ2v) is 29.2. The van der Waals surface area contributed by atoms with Gasteiger partial charge in [0.1, 0.15) is 17.5 Å². The lowest BCUT2D eigenvalue weighted by molar-refractivity contribution is -0.143. The topological polar surface area (TPSA) is 112 Å². The number of esters is 1. The molecule has 2 saturated heterocycles. The maximum atomic E-state index is 14.1. The molecule has 0 aromatic heterocycles. The van der Waals surface area contributed by atoms with Crippen molar-refractivity contribution in [3.63, 3.8) is 0 Å². The SMILES string of the molecule is C/C=C(\C)C(C(/C=C/[C@H]1[C@@H]2C[C@@H]2[C@@H](O[Si](C)(C)C(C)(C)C)[C@@H]2O[C@@H]2CCN1C(=O)OCC[Si](C)(C)C)OC(C)=O)S(=O)(=O)c1ccccc1. The minimum absolute atomic E-state index is 0.00237. The summed E-state index contributed by atoms with van der Waals surface area (Å²) in [6, 6.07) is 8.68. The van der Waals surface area contributed by atoms with Crippen molar-refractivity contribution in [2.45, 2.75) is 139 Å². The summed E-state index contributed by atoms with van der Waals surface area (Å²) < 4.78 is 53.2. The highest BCUT2D eigenvalue weighted by atomic mass is 32.2. The van der Waals surface area contributed by atoms with Crippen molar-refractivity contribution in [2.24, 2.45) is 11.8 Å². The lowest BCUT2D eigenvalue weighted by Gasteiger charge is -2.39. The van der Waals surface area contributed by atoms with E-state index in [0.717, 1.165) is 12.5 Å². The van der Waals surface area contributed by atoms with Crippen molar-refractivity contribution in [3.8, 4) is 0 Å². The molecule has 0 radical (unpaired) electrons. The molecule has 8 atom stereocenters. The van der Waals surface area contributed by atoms with Crippen LogP contribution in [-0.2, 0) is 33.3 Å². The Hall–Kier alpha value is -2.26. The molecule has 4 rings (SSSR count). The van der Waals surface area contributed by atoms with Crippen LogP contribution in [0.15, 0.2) is 59.0 Å². The van der Waals surface area contributed by atoms with Crippen LogP contribution in [0.25, 0.3) is 0 Å². The summed E-state index contributed by atoms with van der Waals surface area (Å²) in [7, 11) is -7.55. The fraction of sp³-hybridized carbons (Fsp3) is 0.676. The number of hydrogen-bond acceptors (Lipinski definition) is 8. The summed E-state index contributed by atoms with van der Waals surface area (Å²) in [4.78, 5) is 28.3. The third-order valence-electron chi connectivity index (χ3n) is 10.7. The highest BCUT2D eigenvalue weighted by Gasteiger charge is 2.60. The summed E-state index contributed by atoms with van der Waals surface area (Å²) in [5.41, 5.74) is 0.557. The first-order valence-corrected chi connectivity index (χ1v) is 25.9. The molecular formula is C37H59NO8SSi2. The summed E-state index contributed by atoms with van der Waals surface area (Å²) in [5, 5.41) is -1.13. The Morgan fingerprint density at radius 2 is 1.71 bits per heavy atom. The van der Waals surface area contributed by atoms with Gasteiger partial charge in [-0.2, -0.15) is 0 Å². The van der Waals surface area contributed by atoms with Gasteiger partial charge in [0.25, 0.3) is 0 Å². The zero-order valence-corrected chi connectivity index (χ0v) is 34.2. The van der Waals surface area contributed by atoms with Gasteiger partial charge in [0.15, 0.2) is 18.2 Å². The summed E-state index contributed by atoms with van der Waals surface area (Å²) in [6.07, 6.45) is 5.18. The minimum Gasteiger partial charge on any atom is -0.457 e. The van der Waals surface area contributed by atoms with E-state index in [-0.39, 0.29) is 46.2 Å². The van der Waals surface area contributed by atoms with Gasteiger partial charge >= 0.3 is 12.1 Å². The fourth-order valence-corrected chi connectivity index (χ4v) is 10.5. The highest BCUT2D eigenvalue weighted by molar-refractivity contribution is 7.92. The van der Waals surface area contributed by atoms with Crippen LogP contribution in [0.5, 0.6) is 0 Å². The first kappa shape index (κ1) is 39.5. The van der Waals surface area contributed by atoms with Crippen LogP contribution in [0.2, 0.25) is 43.8 Å². The summed E-state index contributed by atoms with van der Waals surface area (Å²) in [6.45, 7) is 23.5. The van der Waals surface area contributed by atoms with E-state index in [9.17, 15) is 18.0 Å². The number of benzene rings is 1. The molecule has 274 valence electrons. The van der Waals surface area contributed by atoms with Gasteiger partial charge in [-0.05, 0) is 80.9 Å². The van der Waals surface area contributed by atoms with E-state index in [1.54, 1.807) is 61.2 Å². The Bertz CT molecular complexity index is 1500. The smallest absolute Gasteiger partial charge is 0.410 e. The third-order valence-corrected chi connectivity index (χ3v) is 19.1. The van der Waals surface area contributed by atoms with Crippen LogP contribution < -0.4 is 0 Å². The number of sulfone groups is 1. The molecule has 9 nitrogen and oxygen atoms in total. The number of carbonyl (C=O) groups excluding carboxylic acids is 2. The van der Waals surface area contributed by atoms with E-state index in [2.05, 4.69) is 53.5 Å². The molecule has 1 aromatic rings. The number of allylic oxidation sites excluding steroid dienone is 1. The number of epoxide rings is 1. The molecule has 3 aliphatic rings. The van der Waals surface area contributed by atoms with Crippen LogP contribution >= 0.6 is 0 Å². The van der Waals surface area contributed by atoms with Crippen LogP contribution in [0.1, 0.15) is 54.4 Å². The number of rotatable bonds is 12. The Labute approximate surface area is 296 Å². The molecule has 1 aromatic carbocycles. The van der Waals surface area contributed by atoms with Gasteiger partial charge in [-0.3, -0.25) is 4.79 Å². The molecule has 0 bridgehead atoms. The van der Waals surface area contributed by atoms with Gasteiger partial charge in [0.05, 0.1) is 29.8 Å². The van der Waals surface area contributed by atoms with Crippen molar-refractivity contribution in [1.82, 2.24) is 4.90 Å². The molecule has 49 heavy (non-hydrogen) atoms. The average Bonchev–Trinajstić information content (AvgIpc) is 3.92.